The van der Waals surface area contributed by atoms with Gasteiger partial charge >= 0.3 is 5.97 Å². The quantitative estimate of drug-likeness (QED) is 0.239. The van der Waals surface area contributed by atoms with Gasteiger partial charge in [-0.1, -0.05) is 30.8 Å². The lowest BCUT2D eigenvalue weighted by Gasteiger charge is -2.19. The van der Waals surface area contributed by atoms with Crippen molar-refractivity contribution in [2.75, 3.05) is 13.2 Å². The molecule has 0 spiro atoms. The number of esters is 1. The highest BCUT2D eigenvalue weighted by atomic mass is 16.5. The zero-order valence-corrected chi connectivity index (χ0v) is 18.0. The first-order chi connectivity index (χ1) is 15.3. The van der Waals surface area contributed by atoms with Crippen molar-refractivity contribution >= 4 is 17.8 Å². The lowest BCUT2D eigenvalue weighted by Crippen LogP contribution is -2.48. The first kappa shape index (κ1) is 24.6. The fourth-order valence-corrected chi connectivity index (χ4v) is 2.81. The Morgan fingerprint density at radius 1 is 1.03 bits per heavy atom. The number of hydrogen-bond acceptors (Lipinski definition) is 6. The van der Waals surface area contributed by atoms with Gasteiger partial charge in [0.25, 0.3) is 0 Å². The van der Waals surface area contributed by atoms with Gasteiger partial charge < -0.3 is 25.6 Å². The van der Waals surface area contributed by atoms with Crippen LogP contribution in [0.2, 0.25) is 0 Å². The third kappa shape index (κ3) is 8.23. The maximum atomic E-state index is 12.7. The minimum Gasteiger partial charge on any atom is -0.508 e. The number of phenols is 1. The summed E-state index contributed by atoms with van der Waals surface area (Å²) in [6.07, 6.45) is 0.733. The maximum Gasteiger partial charge on any atom is 0.313 e. The molecule has 2 aromatic rings. The molecule has 0 saturated carbocycles. The summed E-state index contributed by atoms with van der Waals surface area (Å²) in [6, 6.07) is 12.5. The van der Waals surface area contributed by atoms with Gasteiger partial charge in [-0.05, 0) is 48.7 Å². The van der Waals surface area contributed by atoms with E-state index in [2.05, 4.69) is 17.2 Å². The molecule has 8 heteroatoms. The number of carbonyl (C=O) groups is 3. The first-order valence-electron chi connectivity index (χ1n) is 10.2. The Kier molecular flexibility index (Phi) is 9.43. The number of hydrogen-bond donors (Lipinski definition) is 4. The molecule has 0 saturated heterocycles. The van der Waals surface area contributed by atoms with Crippen LogP contribution in [0.4, 0.5) is 0 Å². The Labute approximate surface area is 186 Å². The van der Waals surface area contributed by atoms with E-state index >= 15 is 0 Å². The minimum absolute atomic E-state index is 0.0684. The average molecular weight is 440 g/mol. The molecule has 8 nitrogen and oxygen atoms in total. The Bertz CT molecular complexity index is 938. The molecule has 2 rings (SSSR count). The largest absolute Gasteiger partial charge is 0.508 e. The van der Waals surface area contributed by atoms with E-state index in [1.807, 2.05) is 0 Å². The van der Waals surface area contributed by atoms with Gasteiger partial charge in [0, 0.05) is 18.5 Å². The SMILES string of the molecule is C=C(C)C(=O)N[C@@H](Cc1ccc(O)cc1)C(=O)NCCc1ccc(OC(=O)CCO)cc1. The molecule has 0 aliphatic heterocycles. The Balaban J connectivity index is 1.92. The van der Waals surface area contributed by atoms with E-state index in [9.17, 15) is 19.5 Å². The normalized spacial score (nSPS) is 11.3. The molecule has 4 N–H and O–H groups in total. The monoisotopic (exact) mass is 440 g/mol. The van der Waals surface area contributed by atoms with Crippen LogP contribution in [-0.4, -0.2) is 47.2 Å². The zero-order chi connectivity index (χ0) is 23.5. The summed E-state index contributed by atoms with van der Waals surface area (Å²) in [5, 5.41) is 23.7. The molecule has 170 valence electrons. The standard InChI is InChI=1S/C24H28N2O6/c1-16(2)23(30)26-21(15-18-3-7-19(28)8-4-18)24(31)25-13-11-17-5-9-20(10-6-17)32-22(29)12-14-27/h3-10,21,27-28H,1,11-15H2,2H3,(H,25,31)(H,26,30)/t21-/m0/s1. The topological polar surface area (TPSA) is 125 Å². The van der Waals surface area contributed by atoms with Crippen LogP contribution in [0.1, 0.15) is 24.5 Å². The van der Waals surface area contributed by atoms with Crippen molar-refractivity contribution in [3.05, 3.63) is 71.8 Å². The van der Waals surface area contributed by atoms with Crippen LogP contribution < -0.4 is 15.4 Å². The number of aliphatic hydroxyl groups excluding tert-OH is 1. The maximum absolute atomic E-state index is 12.7. The molecule has 0 unspecified atom stereocenters. The van der Waals surface area contributed by atoms with Crippen LogP contribution >= 0.6 is 0 Å². The second kappa shape index (κ2) is 12.3. The van der Waals surface area contributed by atoms with Gasteiger partial charge in [-0.25, -0.2) is 0 Å². The number of ether oxygens (including phenoxy) is 1. The second-order valence-electron chi connectivity index (χ2n) is 7.31. The molecule has 0 bridgehead atoms. The third-order valence-electron chi connectivity index (χ3n) is 4.57. The highest BCUT2D eigenvalue weighted by Crippen LogP contribution is 2.14. The van der Waals surface area contributed by atoms with E-state index in [4.69, 9.17) is 9.84 Å². The van der Waals surface area contributed by atoms with Crippen LogP contribution in [0, 0.1) is 0 Å². The molecule has 0 fully saturated rings. The molecule has 0 aliphatic carbocycles. The van der Waals surface area contributed by atoms with E-state index in [1.165, 1.54) is 12.1 Å². The zero-order valence-electron chi connectivity index (χ0n) is 18.0. The minimum atomic E-state index is -0.794. The summed E-state index contributed by atoms with van der Waals surface area (Å²) >= 11 is 0. The third-order valence-corrected chi connectivity index (χ3v) is 4.57. The lowest BCUT2D eigenvalue weighted by atomic mass is 10.0. The second-order valence-corrected chi connectivity index (χ2v) is 7.31. The number of phenolic OH excluding ortho intramolecular Hbond substituents is 1. The number of aliphatic hydroxyl groups is 1. The smallest absolute Gasteiger partial charge is 0.313 e. The highest BCUT2D eigenvalue weighted by molar-refractivity contribution is 5.96. The summed E-state index contributed by atoms with van der Waals surface area (Å²) in [6.45, 7) is 5.25. The van der Waals surface area contributed by atoms with Crippen molar-refractivity contribution in [2.24, 2.45) is 0 Å². The van der Waals surface area contributed by atoms with Crippen LogP contribution in [0.3, 0.4) is 0 Å². The van der Waals surface area contributed by atoms with Crippen molar-refractivity contribution in [3.63, 3.8) is 0 Å². The molecular formula is C24H28N2O6. The van der Waals surface area contributed by atoms with Crippen molar-refractivity contribution in [2.45, 2.75) is 32.2 Å². The van der Waals surface area contributed by atoms with E-state index in [-0.39, 0.29) is 31.1 Å². The fourth-order valence-electron chi connectivity index (χ4n) is 2.81. The van der Waals surface area contributed by atoms with Crippen molar-refractivity contribution in [1.82, 2.24) is 10.6 Å². The van der Waals surface area contributed by atoms with Gasteiger partial charge in [0.2, 0.25) is 11.8 Å². The molecule has 32 heavy (non-hydrogen) atoms. The predicted octanol–water partition coefficient (Wildman–Crippen LogP) is 1.64. The van der Waals surface area contributed by atoms with Gasteiger partial charge in [-0.3, -0.25) is 14.4 Å². The van der Waals surface area contributed by atoms with Crippen molar-refractivity contribution < 1.29 is 29.3 Å². The van der Waals surface area contributed by atoms with Gasteiger partial charge in [0.15, 0.2) is 0 Å². The summed E-state index contributed by atoms with van der Waals surface area (Å²) < 4.78 is 5.07. The van der Waals surface area contributed by atoms with E-state index in [0.29, 0.717) is 24.3 Å². The summed E-state index contributed by atoms with van der Waals surface area (Å²) in [4.78, 5) is 36.2. The summed E-state index contributed by atoms with van der Waals surface area (Å²) in [7, 11) is 0. The predicted molar refractivity (Wildman–Crippen MR) is 119 cm³/mol. The van der Waals surface area contributed by atoms with E-state index in [1.54, 1.807) is 43.3 Å². The number of nitrogens with one attached hydrogen (secondary N) is 2. The van der Waals surface area contributed by atoms with E-state index < -0.39 is 17.9 Å². The summed E-state index contributed by atoms with van der Waals surface area (Å²) in [5.74, 6) is -0.746. The van der Waals surface area contributed by atoms with Crippen LogP contribution in [0.25, 0.3) is 0 Å². The first-order valence-corrected chi connectivity index (χ1v) is 10.2. The van der Waals surface area contributed by atoms with Crippen molar-refractivity contribution in [3.8, 4) is 11.5 Å². The molecule has 2 amide bonds. The molecule has 2 aromatic carbocycles. The molecular weight excluding hydrogens is 412 g/mol. The fraction of sp³-hybridized carbons (Fsp3) is 0.292. The van der Waals surface area contributed by atoms with Crippen LogP contribution in [0.15, 0.2) is 60.7 Å². The highest BCUT2D eigenvalue weighted by Gasteiger charge is 2.21. The Morgan fingerprint density at radius 3 is 2.25 bits per heavy atom. The Morgan fingerprint density at radius 2 is 1.66 bits per heavy atom. The van der Waals surface area contributed by atoms with Gasteiger partial charge in [-0.15, -0.1) is 0 Å². The molecule has 1 atom stereocenters. The van der Waals surface area contributed by atoms with Gasteiger partial charge in [0.1, 0.15) is 17.5 Å². The van der Waals surface area contributed by atoms with Crippen LogP contribution in [0.5, 0.6) is 11.5 Å². The van der Waals surface area contributed by atoms with Gasteiger partial charge in [-0.2, -0.15) is 0 Å². The van der Waals surface area contributed by atoms with Crippen LogP contribution in [-0.2, 0) is 27.2 Å². The number of carbonyl (C=O) groups excluding carboxylic acids is 3. The van der Waals surface area contributed by atoms with Crippen molar-refractivity contribution in [1.29, 1.82) is 0 Å². The molecule has 0 aromatic heterocycles. The molecule has 0 aliphatic rings. The number of rotatable bonds is 11. The Hall–Kier alpha value is -3.65. The average Bonchev–Trinajstić information content (AvgIpc) is 2.76. The van der Waals surface area contributed by atoms with Gasteiger partial charge in [0.05, 0.1) is 13.0 Å². The number of aromatic hydroxyl groups is 1. The molecule has 0 heterocycles. The molecule has 0 radical (unpaired) electrons. The number of benzene rings is 2. The van der Waals surface area contributed by atoms with E-state index in [0.717, 1.165) is 11.1 Å². The lowest BCUT2D eigenvalue weighted by molar-refractivity contribution is -0.135. The number of amides is 2. The summed E-state index contributed by atoms with van der Waals surface area (Å²) in [5.41, 5.74) is 2.01.